The van der Waals surface area contributed by atoms with Crippen LogP contribution in [0.4, 0.5) is 0 Å². The summed E-state index contributed by atoms with van der Waals surface area (Å²) in [5.74, 6) is -1.16. The molecule has 1 aromatic rings. The van der Waals surface area contributed by atoms with E-state index in [2.05, 4.69) is 21.1 Å². The molecule has 1 fully saturated rings. The second-order valence-corrected chi connectivity index (χ2v) is 5.63. The van der Waals surface area contributed by atoms with Crippen LogP contribution in [0.1, 0.15) is 25.5 Å². The standard InChI is InChI=1S/C14H13Cl2N5O3/c1-6(22)18-20-11-12(21-19-7(2)23)14(17)24-13(11)9-4-3-8(15)5-10(9)16/h3-5,13,17H,1-2H3,(H,18,22)(H,19,23)/b17-14?,20-11-,21-12-. The molecule has 1 aromatic carbocycles. The predicted molar refractivity (Wildman–Crippen MR) is 90.5 cm³/mol. The largest absolute Gasteiger partial charge is 0.461 e. The molecule has 1 saturated heterocycles. The number of hydrogen-bond acceptors (Lipinski definition) is 6. The normalized spacial score (nSPS) is 20.2. The Kier molecular flexibility index (Phi) is 5.53. The van der Waals surface area contributed by atoms with Gasteiger partial charge in [-0.05, 0) is 12.1 Å². The zero-order valence-corrected chi connectivity index (χ0v) is 14.2. The number of nitrogens with one attached hydrogen (secondary N) is 3. The molecular weight excluding hydrogens is 357 g/mol. The highest BCUT2D eigenvalue weighted by molar-refractivity contribution is 6.69. The van der Waals surface area contributed by atoms with Gasteiger partial charge in [-0.15, -0.1) is 0 Å². The topological polar surface area (TPSA) is 116 Å². The Morgan fingerprint density at radius 2 is 1.79 bits per heavy atom. The van der Waals surface area contributed by atoms with Gasteiger partial charge < -0.3 is 4.74 Å². The highest BCUT2D eigenvalue weighted by Crippen LogP contribution is 2.33. The SMILES string of the molecule is CC(=O)N/N=C1\C(=N)OC(c2ccc(Cl)cc2Cl)\C1=N/NC(C)=O. The lowest BCUT2D eigenvalue weighted by Gasteiger charge is -2.12. The maximum atomic E-state index is 11.1. The first-order valence-electron chi connectivity index (χ1n) is 6.69. The maximum Gasteiger partial charge on any atom is 0.237 e. The van der Waals surface area contributed by atoms with Crippen molar-refractivity contribution in [3.05, 3.63) is 33.8 Å². The van der Waals surface area contributed by atoms with Crippen LogP contribution in [0.2, 0.25) is 10.0 Å². The Balaban J connectivity index is 2.48. The van der Waals surface area contributed by atoms with Crippen molar-refractivity contribution in [3.63, 3.8) is 0 Å². The van der Waals surface area contributed by atoms with Crippen LogP contribution in [0.3, 0.4) is 0 Å². The van der Waals surface area contributed by atoms with Crippen LogP contribution in [0.15, 0.2) is 28.4 Å². The number of hydrazone groups is 2. The molecule has 1 aliphatic rings. The highest BCUT2D eigenvalue weighted by atomic mass is 35.5. The number of halogens is 2. The molecule has 24 heavy (non-hydrogen) atoms. The summed E-state index contributed by atoms with van der Waals surface area (Å²) >= 11 is 12.1. The third-order valence-corrected chi connectivity index (χ3v) is 3.41. The zero-order valence-electron chi connectivity index (χ0n) is 12.7. The molecule has 1 unspecified atom stereocenters. The third-order valence-electron chi connectivity index (χ3n) is 2.85. The first kappa shape index (κ1) is 17.9. The van der Waals surface area contributed by atoms with E-state index in [0.717, 1.165) is 0 Å². The second-order valence-electron chi connectivity index (χ2n) is 4.79. The van der Waals surface area contributed by atoms with Gasteiger partial charge in [0.05, 0.1) is 0 Å². The van der Waals surface area contributed by atoms with Crippen molar-refractivity contribution in [2.45, 2.75) is 20.0 Å². The monoisotopic (exact) mass is 369 g/mol. The fourth-order valence-electron chi connectivity index (χ4n) is 1.89. The van der Waals surface area contributed by atoms with Gasteiger partial charge in [0.25, 0.3) is 0 Å². The van der Waals surface area contributed by atoms with E-state index in [1.807, 2.05) is 0 Å². The summed E-state index contributed by atoms with van der Waals surface area (Å²) in [4.78, 5) is 22.2. The molecule has 1 atom stereocenters. The van der Waals surface area contributed by atoms with Gasteiger partial charge in [-0.25, -0.2) is 10.9 Å². The number of carbonyl (C=O) groups is 2. The fourth-order valence-corrected chi connectivity index (χ4v) is 2.40. The van der Waals surface area contributed by atoms with E-state index in [9.17, 15) is 9.59 Å². The lowest BCUT2D eigenvalue weighted by Crippen LogP contribution is -2.26. The van der Waals surface area contributed by atoms with Crippen molar-refractivity contribution in [2.75, 3.05) is 0 Å². The number of ether oxygens (including phenoxy) is 1. The Morgan fingerprint density at radius 1 is 1.17 bits per heavy atom. The average molecular weight is 370 g/mol. The smallest absolute Gasteiger partial charge is 0.237 e. The molecule has 2 rings (SSSR count). The van der Waals surface area contributed by atoms with Gasteiger partial charge in [0.15, 0.2) is 11.8 Å². The maximum absolute atomic E-state index is 11.1. The molecule has 0 spiro atoms. The first-order valence-corrected chi connectivity index (χ1v) is 7.44. The van der Waals surface area contributed by atoms with E-state index in [4.69, 9.17) is 33.3 Å². The number of hydrogen-bond donors (Lipinski definition) is 3. The zero-order chi connectivity index (χ0) is 17.9. The molecule has 0 aromatic heterocycles. The minimum atomic E-state index is -0.873. The van der Waals surface area contributed by atoms with Crippen LogP contribution in [0.5, 0.6) is 0 Å². The van der Waals surface area contributed by atoms with E-state index in [-0.39, 0.29) is 17.3 Å². The quantitative estimate of drug-likeness (QED) is 0.707. The minimum Gasteiger partial charge on any atom is -0.461 e. The molecule has 0 aliphatic carbocycles. The number of carbonyl (C=O) groups excluding carboxylic acids is 2. The van der Waals surface area contributed by atoms with Crippen LogP contribution < -0.4 is 10.9 Å². The molecule has 0 saturated carbocycles. The molecule has 0 bridgehead atoms. The molecular formula is C14H13Cl2N5O3. The van der Waals surface area contributed by atoms with Crippen LogP contribution >= 0.6 is 23.2 Å². The third kappa shape index (κ3) is 4.09. The van der Waals surface area contributed by atoms with Gasteiger partial charge in [-0.1, -0.05) is 29.3 Å². The van der Waals surface area contributed by atoms with Crippen LogP contribution in [0.25, 0.3) is 0 Å². The van der Waals surface area contributed by atoms with E-state index in [1.165, 1.54) is 19.9 Å². The van der Waals surface area contributed by atoms with E-state index in [0.29, 0.717) is 15.6 Å². The summed E-state index contributed by atoms with van der Waals surface area (Å²) in [5, 5.41) is 16.4. The Hall–Kier alpha value is -2.45. The van der Waals surface area contributed by atoms with Crippen LogP contribution in [-0.4, -0.2) is 29.1 Å². The van der Waals surface area contributed by atoms with E-state index >= 15 is 0 Å². The summed E-state index contributed by atoms with van der Waals surface area (Å²) in [6, 6.07) is 4.74. The summed E-state index contributed by atoms with van der Waals surface area (Å²) in [6.45, 7) is 2.54. The van der Waals surface area contributed by atoms with Crippen molar-refractivity contribution < 1.29 is 14.3 Å². The molecule has 1 aliphatic heterocycles. The number of benzene rings is 1. The minimum absolute atomic E-state index is 0.0185. The summed E-state index contributed by atoms with van der Waals surface area (Å²) in [7, 11) is 0. The lowest BCUT2D eigenvalue weighted by atomic mass is 10.0. The van der Waals surface area contributed by atoms with Crippen molar-refractivity contribution in [1.82, 2.24) is 10.9 Å². The lowest BCUT2D eigenvalue weighted by molar-refractivity contribution is -0.119. The van der Waals surface area contributed by atoms with Crippen molar-refractivity contribution >= 4 is 52.3 Å². The Labute approximate surface area is 147 Å². The van der Waals surface area contributed by atoms with E-state index < -0.39 is 17.9 Å². The molecule has 3 N–H and O–H groups in total. The number of rotatable bonds is 3. The molecule has 2 amide bonds. The first-order chi connectivity index (χ1) is 11.3. The van der Waals surface area contributed by atoms with Crippen molar-refractivity contribution in [3.8, 4) is 0 Å². The molecule has 0 radical (unpaired) electrons. The molecule has 10 heteroatoms. The van der Waals surface area contributed by atoms with Gasteiger partial charge in [0, 0.05) is 29.5 Å². The average Bonchev–Trinajstić information content (AvgIpc) is 2.78. The van der Waals surface area contributed by atoms with Gasteiger partial charge in [-0.2, -0.15) is 10.2 Å². The van der Waals surface area contributed by atoms with Gasteiger partial charge in [-0.3, -0.25) is 15.0 Å². The van der Waals surface area contributed by atoms with Gasteiger partial charge in [0.2, 0.25) is 17.7 Å². The van der Waals surface area contributed by atoms with Crippen molar-refractivity contribution in [2.24, 2.45) is 10.2 Å². The Morgan fingerprint density at radius 3 is 2.38 bits per heavy atom. The summed E-state index contributed by atoms with van der Waals surface area (Å²) in [5.41, 5.74) is 5.08. The van der Waals surface area contributed by atoms with Crippen molar-refractivity contribution in [1.29, 1.82) is 5.41 Å². The summed E-state index contributed by atoms with van der Waals surface area (Å²) < 4.78 is 5.45. The van der Waals surface area contributed by atoms with E-state index in [1.54, 1.807) is 12.1 Å². The van der Waals surface area contributed by atoms with Crippen LogP contribution in [-0.2, 0) is 14.3 Å². The molecule has 126 valence electrons. The second kappa shape index (κ2) is 7.41. The molecule has 1 heterocycles. The fraction of sp³-hybridized carbons (Fsp3) is 0.214. The molecule has 8 nitrogen and oxygen atoms in total. The Bertz CT molecular complexity index is 776. The highest BCUT2D eigenvalue weighted by Gasteiger charge is 2.38. The number of amides is 2. The van der Waals surface area contributed by atoms with Crippen LogP contribution in [0, 0.1) is 5.41 Å². The predicted octanol–water partition coefficient (Wildman–Crippen LogP) is 2.03. The van der Waals surface area contributed by atoms with Gasteiger partial charge >= 0.3 is 0 Å². The summed E-state index contributed by atoms with van der Waals surface area (Å²) in [6.07, 6.45) is -0.873. The van der Waals surface area contributed by atoms with Gasteiger partial charge in [0.1, 0.15) is 5.71 Å². The number of nitrogens with zero attached hydrogens (tertiary/aromatic N) is 2.